The maximum Gasteiger partial charge on any atom is 0.240 e. The standard InChI is InChI=1S/C13H18N2OS/c1-14-12-5-10-4-11(10)7-15(13(12)16)6-9-2-3-17-8-9/h2-3,8,10-12,14H,4-7H2,1H3. The van der Waals surface area contributed by atoms with Gasteiger partial charge in [-0.15, -0.1) is 0 Å². The van der Waals surface area contributed by atoms with Gasteiger partial charge in [-0.2, -0.15) is 11.3 Å². The highest BCUT2D eigenvalue weighted by Crippen LogP contribution is 2.44. The van der Waals surface area contributed by atoms with E-state index in [-0.39, 0.29) is 11.9 Å². The molecule has 1 aromatic heterocycles. The van der Waals surface area contributed by atoms with Crippen LogP contribution in [0.3, 0.4) is 0 Å². The Hall–Kier alpha value is -0.870. The van der Waals surface area contributed by atoms with E-state index in [1.807, 2.05) is 11.9 Å². The van der Waals surface area contributed by atoms with Crippen LogP contribution in [-0.4, -0.2) is 30.4 Å². The zero-order valence-electron chi connectivity index (χ0n) is 10.1. The van der Waals surface area contributed by atoms with Gasteiger partial charge < -0.3 is 10.2 Å². The molecule has 0 bridgehead atoms. The highest BCUT2D eigenvalue weighted by molar-refractivity contribution is 7.07. The summed E-state index contributed by atoms with van der Waals surface area (Å²) < 4.78 is 0. The molecule has 0 radical (unpaired) electrons. The molecule has 4 heteroatoms. The highest BCUT2D eigenvalue weighted by atomic mass is 32.1. The van der Waals surface area contributed by atoms with E-state index in [1.54, 1.807) is 11.3 Å². The number of likely N-dealkylation sites (N-methyl/N-ethyl adjacent to an activating group) is 1. The molecule has 0 spiro atoms. The predicted octanol–water partition coefficient (Wildman–Crippen LogP) is 1.70. The minimum absolute atomic E-state index is 0.0335. The van der Waals surface area contributed by atoms with Crippen LogP contribution in [-0.2, 0) is 11.3 Å². The predicted molar refractivity (Wildman–Crippen MR) is 68.8 cm³/mol. The first-order valence-electron chi connectivity index (χ1n) is 6.25. The lowest BCUT2D eigenvalue weighted by atomic mass is 10.1. The number of carbonyl (C=O) groups excluding carboxylic acids is 1. The lowest BCUT2D eigenvalue weighted by Gasteiger charge is -2.25. The molecule has 2 fully saturated rings. The first-order valence-corrected chi connectivity index (χ1v) is 7.19. The lowest BCUT2D eigenvalue weighted by Crippen LogP contribution is -2.44. The zero-order chi connectivity index (χ0) is 11.8. The van der Waals surface area contributed by atoms with E-state index in [0.717, 1.165) is 31.3 Å². The van der Waals surface area contributed by atoms with Crippen molar-refractivity contribution in [1.82, 2.24) is 10.2 Å². The molecular formula is C13H18N2OS. The van der Waals surface area contributed by atoms with Gasteiger partial charge in [-0.1, -0.05) is 0 Å². The van der Waals surface area contributed by atoms with Crippen LogP contribution in [0.25, 0.3) is 0 Å². The Balaban J connectivity index is 1.74. The molecular weight excluding hydrogens is 232 g/mol. The van der Waals surface area contributed by atoms with E-state index < -0.39 is 0 Å². The number of rotatable bonds is 3. The van der Waals surface area contributed by atoms with Crippen LogP contribution in [0, 0.1) is 11.8 Å². The molecule has 0 aromatic carbocycles. The second-order valence-electron chi connectivity index (χ2n) is 5.18. The molecule has 1 aromatic rings. The molecule has 3 nitrogen and oxygen atoms in total. The monoisotopic (exact) mass is 250 g/mol. The molecule has 1 saturated heterocycles. The second kappa shape index (κ2) is 4.42. The van der Waals surface area contributed by atoms with Gasteiger partial charge in [0.05, 0.1) is 6.04 Å². The van der Waals surface area contributed by atoms with Gasteiger partial charge >= 0.3 is 0 Å². The van der Waals surface area contributed by atoms with Crippen LogP contribution in [0.15, 0.2) is 16.8 Å². The van der Waals surface area contributed by atoms with Gasteiger partial charge in [-0.05, 0) is 54.1 Å². The van der Waals surface area contributed by atoms with E-state index >= 15 is 0 Å². The number of nitrogens with one attached hydrogen (secondary N) is 1. The topological polar surface area (TPSA) is 32.3 Å². The van der Waals surface area contributed by atoms with Crippen molar-refractivity contribution in [3.63, 3.8) is 0 Å². The fourth-order valence-electron chi connectivity index (χ4n) is 2.81. The highest BCUT2D eigenvalue weighted by Gasteiger charge is 2.45. The first kappa shape index (κ1) is 11.2. The summed E-state index contributed by atoms with van der Waals surface area (Å²) in [5.74, 6) is 1.82. The summed E-state index contributed by atoms with van der Waals surface area (Å²) in [4.78, 5) is 14.4. The van der Waals surface area contributed by atoms with Crippen LogP contribution < -0.4 is 5.32 Å². The number of amides is 1. The molecule has 17 heavy (non-hydrogen) atoms. The van der Waals surface area contributed by atoms with Gasteiger partial charge in [0.15, 0.2) is 0 Å². The third kappa shape index (κ3) is 2.24. The molecule has 3 rings (SSSR count). The molecule has 3 unspecified atom stereocenters. The summed E-state index contributed by atoms with van der Waals surface area (Å²) in [7, 11) is 1.90. The van der Waals surface area contributed by atoms with Gasteiger partial charge in [-0.25, -0.2) is 0 Å². The van der Waals surface area contributed by atoms with E-state index in [9.17, 15) is 4.79 Å². The largest absolute Gasteiger partial charge is 0.337 e. The average molecular weight is 250 g/mol. The molecule has 1 aliphatic heterocycles. The molecule has 1 amide bonds. The number of nitrogens with zero attached hydrogens (tertiary/aromatic N) is 1. The minimum Gasteiger partial charge on any atom is -0.337 e. The third-order valence-corrected chi connectivity index (χ3v) is 4.71. The van der Waals surface area contributed by atoms with E-state index in [2.05, 4.69) is 22.1 Å². The van der Waals surface area contributed by atoms with Gasteiger partial charge in [0.25, 0.3) is 0 Å². The minimum atomic E-state index is 0.0335. The van der Waals surface area contributed by atoms with E-state index in [1.165, 1.54) is 12.0 Å². The Labute approximate surface area is 106 Å². The number of likely N-dealkylation sites (tertiary alicyclic amines) is 1. The fourth-order valence-corrected chi connectivity index (χ4v) is 3.47. The quantitative estimate of drug-likeness (QED) is 0.885. The number of hydrogen-bond acceptors (Lipinski definition) is 3. The van der Waals surface area contributed by atoms with Crippen molar-refractivity contribution in [2.24, 2.45) is 11.8 Å². The van der Waals surface area contributed by atoms with Crippen molar-refractivity contribution >= 4 is 17.2 Å². The van der Waals surface area contributed by atoms with Crippen molar-refractivity contribution in [3.8, 4) is 0 Å². The summed E-state index contributed by atoms with van der Waals surface area (Å²) in [6.07, 6.45) is 2.34. The molecule has 92 valence electrons. The van der Waals surface area contributed by atoms with Crippen molar-refractivity contribution in [3.05, 3.63) is 22.4 Å². The maximum absolute atomic E-state index is 12.3. The van der Waals surface area contributed by atoms with Crippen LogP contribution >= 0.6 is 11.3 Å². The van der Waals surface area contributed by atoms with Gasteiger partial charge in [0, 0.05) is 13.1 Å². The van der Waals surface area contributed by atoms with Crippen molar-refractivity contribution < 1.29 is 4.79 Å². The Morgan fingerprint density at radius 1 is 1.47 bits per heavy atom. The van der Waals surface area contributed by atoms with Crippen LogP contribution in [0.5, 0.6) is 0 Å². The normalized spacial score (nSPS) is 32.2. The van der Waals surface area contributed by atoms with Crippen LogP contribution in [0.2, 0.25) is 0 Å². The number of fused-ring (bicyclic) bond motifs is 1. The van der Waals surface area contributed by atoms with Gasteiger partial charge in [0.1, 0.15) is 0 Å². The van der Waals surface area contributed by atoms with Crippen molar-refractivity contribution in [1.29, 1.82) is 0 Å². The molecule has 2 aliphatic rings. The third-order valence-electron chi connectivity index (χ3n) is 3.97. The van der Waals surface area contributed by atoms with Crippen molar-refractivity contribution in [2.45, 2.75) is 25.4 Å². The molecule has 3 atom stereocenters. The smallest absolute Gasteiger partial charge is 0.240 e. The van der Waals surface area contributed by atoms with Gasteiger partial charge in [0.2, 0.25) is 5.91 Å². The summed E-state index contributed by atoms with van der Waals surface area (Å²) in [6.45, 7) is 1.74. The van der Waals surface area contributed by atoms with Gasteiger partial charge in [-0.3, -0.25) is 4.79 Å². The number of carbonyl (C=O) groups is 1. The summed E-state index contributed by atoms with van der Waals surface area (Å²) in [5, 5.41) is 7.38. The molecule has 1 saturated carbocycles. The summed E-state index contributed by atoms with van der Waals surface area (Å²) in [6, 6.07) is 2.15. The number of hydrogen-bond donors (Lipinski definition) is 1. The Bertz CT molecular complexity index is 404. The Morgan fingerprint density at radius 3 is 3.06 bits per heavy atom. The number of thiophene rings is 1. The summed E-state index contributed by atoms with van der Waals surface area (Å²) >= 11 is 1.70. The maximum atomic E-state index is 12.3. The molecule has 1 N–H and O–H groups in total. The van der Waals surface area contributed by atoms with Crippen LogP contribution in [0.1, 0.15) is 18.4 Å². The van der Waals surface area contributed by atoms with Crippen LogP contribution in [0.4, 0.5) is 0 Å². The second-order valence-corrected chi connectivity index (χ2v) is 5.96. The molecule has 1 aliphatic carbocycles. The Morgan fingerprint density at radius 2 is 2.35 bits per heavy atom. The lowest BCUT2D eigenvalue weighted by molar-refractivity contribution is -0.133. The summed E-state index contributed by atoms with van der Waals surface area (Å²) in [5.41, 5.74) is 1.26. The van der Waals surface area contributed by atoms with Crippen molar-refractivity contribution in [2.75, 3.05) is 13.6 Å². The fraction of sp³-hybridized carbons (Fsp3) is 0.615. The Kier molecular flexibility index (Phi) is 2.92. The first-order chi connectivity index (χ1) is 8.28. The zero-order valence-corrected chi connectivity index (χ0v) is 10.9. The van der Waals surface area contributed by atoms with E-state index in [4.69, 9.17) is 0 Å². The molecule has 2 heterocycles. The van der Waals surface area contributed by atoms with E-state index in [0.29, 0.717) is 0 Å². The SMILES string of the molecule is CNC1CC2CC2CN(Cc2ccsc2)C1=O. The average Bonchev–Trinajstić information content (AvgIpc) is 2.86.